The molecule has 0 radical (unpaired) electrons. The molecule has 0 aliphatic carbocycles. The van der Waals surface area contributed by atoms with E-state index in [0.717, 1.165) is 0 Å². The van der Waals surface area contributed by atoms with Gasteiger partial charge in [0.05, 0.1) is 6.54 Å². The van der Waals surface area contributed by atoms with Crippen LogP contribution in [0.1, 0.15) is 13.3 Å². The third kappa shape index (κ3) is 2.45. The highest BCUT2D eigenvalue weighted by Gasteiger charge is 2.36. The summed E-state index contributed by atoms with van der Waals surface area (Å²) in [6.07, 6.45) is -0.00694. The molecule has 0 bridgehead atoms. The van der Waals surface area contributed by atoms with Gasteiger partial charge in [-0.05, 0) is 6.92 Å². The summed E-state index contributed by atoms with van der Waals surface area (Å²) in [7, 11) is 0. The third-order valence-electron chi connectivity index (χ3n) is 1.31. The average Bonchev–Trinajstić information content (AvgIpc) is 1.82. The molecule has 1 nitrogen and oxygen atoms in total. The minimum Gasteiger partial charge on any atom is -0.308 e. The number of halogens is 3. The van der Waals surface area contributed by atoms with Crippen LogP contribution in [0.2, 0.25) is 0 Å². The van der Waals surface area contributed by atoms with Crippen LogP contribution in [0.3, 0.4) is 0 Å². The van der Waals surface area contributed by atoms with Crippen molar-refractivity contribution in [2.24, 2.45) is 0 Å². The molecule has 1 aliphatic heterocycles. The van der Waals surface area contributed by atoms with Gasteiger partial charge < -0.3 is 5.32 Å². The lowest BCUT2D eigenvalue weighted by atomic mass is 10.2. The lowest BCUT2D eigenvalue weighted by molar-refractivity contribution is 0.0216. The molecular weight excluding hydrogens is 148 g/mol. The number of nitrogens with one attached hydrogen (secondary N) is 1. The van der Waals surface area contributed by atoms with Gasteiger partial charge in [0, 0.05) is 12.5 Å². The Balaban J connectivity index is 0.000000640. The van der Waals surface area contributed by atoms with E-state index in [1.807, 2.05) is 0 Å². The van der Waals surface area contributed by atoms with Crippen molar-refractivity contribution in [3.05, 3.63) is 0 Å². The highest BCUT2D eigenvalue weighted by atomic mass is 35.5. The van der Waals surface area contributed by atoms with Gasteiger partial charge in [0.2, 0.25) is 0 Å². The highest BCUT2D eigenvalue weighted by molar-refractivity contribution is 5.85. The summed E-state index contributed by atoms with van der Waals surface area (Å²) in [6.45, 7) is 1.62. The molecule has 9 heavy (non-hydrogen) atoms. The van der Waals surface area contributed by atoms with Crippen LogP contribution in [0.5, 0.6) is 0 Å². The zero-order chi connectivity index (χ0) is 6.20. The van der Waals surface area contributed by atoms with Crippen molar-refractivity contribution in [3.63, 3.8) is 0 Å². The van der Waals surface area contributed by atoms with E-state index >= 15 is 0 Å². The fourth-order valence-electron chi connectivity index (χ4n) is 0.916. The molecule has 0 amide bonds. The summed E-state index contributed by atoms with van der Waals surface area (Å²) in [4.78, 5) is 0. The van der Waals surface area contributed by atoms with Crippen molar-refractivity contribution in [1.82, 2.24) is 5.32 Å². The fourth-order valence-corrected chi connectivity index (χ4v) is 0.916. The Labute approximate surface area is 59.2 Å². The van der Waals surface area contributed by atoms with Crippen LogP contribution in [0, 0.1) is 0 Å². The molecule has 1 rings (SSSR count). The molecule has 1 saturated heterocycles. The van der Waals surface area contributed by atoms with E-state index in [4.69, 9.17) is 0 Å². The first-order valence-electron chi connectivity index (χ1n) is 2.71. The van der Waals surface area contributed by atoms with E-state index in [0.29, 0.717) is 0 Å². The molecule has 0 saturated carbocycles. The Bertz CT molecular complexity index is 97.0. The van der Waals surface area contributed by atoms with Crippen molar-refractivity contribution in [3.8, 4) is 0 Å². The molecule has 0 aromatic rings. The summed E-state index contributed by atoms with van der Waals surface area (Å²) in [5, 5.41) is 2.66. The molecule has 0 aromatic heterocycles. The van der Waals surface area contributed by atoms with Crippen molar-refractivity contribution >= 4 is 12.4 Å². The average molecular weight is 158 g/mol. The smallest absolute Gasteiger partial charge is 0.261 e. The van der Waals surface area contributed by atoms with E-state index in [-0.39, 0.29) is 31.4 Å². The molecule has 0 spiro atoms. The van der Waals surface area contributed by atoms with Crippen molar-refractivity contribution in [2.75, 3.05) is 6.54 Å². The van der Waals surface area contributed by atoms with Crippen LogP contribution in [-0.2, 0) is 0 Å². The van der Waals surface area contributed by atoms with Gasteiger partial charge >= 0.3 is 0 Å². The largest absolute Gasteiger partial charge is 0.308 e. The minimum absolute atomic E-state index is 0. The second kappa shape index (κ2) is 2.80. The molecule has 0 aromatic carbocycles. The number of alkyl halides is 2. The summed E-state index contributed by atoms with van der Waals surface area (Å²) in [5.74, 6) is -2.45. The third-order valence-corrected chi connectivity index (χ3v) is 1.31. The predicted molar refractivity (Wildman–Crippen MR) is 34.3 cm³/mol. The number of rotatable bonds is 0. The van der Waals surface area contributed by atoms with Crippen molar-refractivity contribution < 1.29 is 8.78 Å². The molecular formula is C5H10ClF2N. The zero-order valence-electron chi connectivity index (χ0n) is 5.16. The lowest BCUT2D eigenvalue weighted by Crippen LogP contribution is -2.20. The summed E-state index contributed by atoms with van der Waals surface area (Å²) >= 11 is 0. The number of hydrogen-bond donors (Lipinski definition) is 1. The molecule has 0 unspecified atom stereocenters. The molecule has 4 heteroatoms. The normalized spacial score (nSPS) is 31.7. The molecule has 1 heterocycles. The SMILES string of the molecule is C[C@@H]1CC(F)(F)CN1.Cl. The Morgan fingerprint density at radius 1 is 1.56 bits per heavy atom. The fraction of sp³-hybridized carbons (Fsp3) is 1.00. The first-order chi connectivity index (χ1) is 3.60. The second-order valence-electron chi connectivity index (χ2n) is 2.34. The Hall–Kier alpha value is 0.110. The minimum atomic E-state index is -2.45. The molecule has 56 valence electrons. The van der Waals surface area contributed by atoms with Gasteiger partial charge in [-0.25, -0.2) is 8.78 Å². The van der Waals surface area contributed by atoms with E-state index in [2.05, 4.69) is 5.32 Å². The van der Waals surface area contributed by atoms with Gasteiger partial charge in [-0.1, -0.05) is 0 Å². The summed E-state index contributed by atoms with van der Waals surface area (Å²) in [5.41, 5.74) is 0. The van der Waals surface area contributed by atoms with E-state index in [1.54, 1.807) is 6.92 Å². The predicted octanol–water partition coefficient (Wildman–Crippen LogP) is 1.43. The monoisotopic (exact) mass is 157 g/mol. The topological polar surface area (TPSA) is 12.0 Å². The zero-order valence-corrected chi connectivity index (χ0v) is 5.97. The van der Waals surface area contributed by atoms with Gasteiger partial charge in [-0.15, -0.1) is 12.4 Å². The lowest BCUT2D eigenvalue weighted by Gasteiger charge is -2.03. The standard InChI is InChI=1S/C5H9F2N.ClH/c1-4-2-5(6,7)3-8-4;/h4,8H,2-3H2,1H3;1H/t4-;/m1./s1. The summed E-state index contributed by atoms with van der Waals surface area (Å²) in [6, 6.07) is -0.00926. The molecule has 1 atom stereocenters. The first kappa shape index (κ1) is 9.11. The van der Waals surface area contributed by atoms with Gasteiger partial charge in [-0.2, -0.15) is 0 Å². The summed E-state index contributed by atoms with van der Waals surface area (Å²) < 4.78 is 24.3. The second-order valence-corrected chi connectivity index (χ2v) is 2.34. The van der Waals surface area contributed by atoms with E-state index in [9.17, 15) is 8.78 Å². The maximum Gasteiger partial charge on any atom is 0.261 e. The van der Waals surface area contributed by atoms with Crippen LogP contribution in [0.4, 0.5) is 8.78 Å². The van der Waals surface area contributed by atoms with Crippen LogP contribution in [-0.4, -0.2) is 18.5 Å². The van der Waals surface area contributed by atoms with Crippen LogP contribution in [0.15, 0.2) is 0 Å². The van der Waals surface area contributed by atoms with Gasteiger partial charge in [0.15, 0.2) is 0 Å². The van der Waals surface area contributed by atoms with Crippen LogP contribution in [0.25, 0.3) is 0 Å². The van der Waals surface area contributed by atoms with Gasteiger partial charge in [0.1, 0.15) is 0 Å². The maximum atomic E-state index is 12.1. The van der Waals surface area contributed by atoms with Crippen LogP contribution < -0.4 is 5.32 Å². The van der Waals surface area contributed by atoms with E-state index < -0.39 is 5.92 Å². The Morgan fingerprint density at radius 2 is 2.11 bits per heavy atom. The van der Waals surface area contributed by atoms with Gasteiger partial charge in [-0.3, -0.25) is 0 Å². The van der Waals surface area contributed by atoms with Crippen LogP contribution >= 0.6 is 12.4 Å². The van der Waals surface area contributed by atoms with E-state index in [1.165, 1.54) is 0 Å². The van der Waals surface area contributed by atoms with Gasteiger partial charge in [0.25, 0.3) is 5.92 Å². The quantitative estimate of drug-likeness (QED) is 0.561. The Kier molecular flexibility index (Phi) is 2.83. The Morgan fingerprint density at radius 3 is 2.22 bits per heavy atom. The molecule has 1 N–H and O–H groups in total. The molecule has 1 aliphatic rings. The first-order valence-corrected chi connectivity index (χ1v) is 2.71. The van der Waals surface area contributed by atoms with Crippen molar-refractivity contribution in [1.29, 1.82) is 0 Å². The number of hydrogen-bond acceptors (Lipinski definition) is 1. The maximum absolute atomic E-state index is 12.1. The van der Waals surface area contributed by atoms with Crippen molar-refractivity contribution in [2.45, 2.75) is 25.3 Å². The highest BCUT2D eigenvalue weighted by Crippen LogP contribution is 2.24. The molecule has 1 fully saturated rings.